The molecular weight excluding hydrogens is 200 g/mol. The smallest absolute Gasteiger partial charge is 0.450 e. The molecule has 0 bridgehead atoms. The number of hydrogen-bond donors (Lipinski definition) is 2. The minimum atomic E-state index is -1.83. The first kappa shape index (κ1) is 12.2. The topological polar surface area (TPSA) is 57.5 Å². The molecule has 0 fully saturated rings. The first-order valence-electron chi connectivity index (χ1n) is 2.69. The normalized spacial score (nSPS) is 11.9. The summed E-state index contributed by atoms with van der Waals surface area (Å²) in [6.07, 6.45) is 2.28. The lowest BCUT2D eigenvalue weighted by molar-refractivity contribution is 0.137. The lowest BCUT2D eigenvalue weighted by atomic mass is 10.4. The molecule has 0 saturated heterocycles. The molecule has 0 aromatic carbocycles. The van der Waals surface area contributed by atoms with Crippen LogP contribution < -0.4 is 0 Å². The Morgan fingerprint density at radius 1 is 1.60 bits per heavy atom. The van der Waals surface area contributed by atoms with Crippen LogP contribution in [0.2, 0.25) is 0 Å². The molecule has 0 heterocycles. The second-order valence-electron chi connectivity index (χ2n) is 1.49. The number of alkyl halides is 1. The number of allylic oxidation sites excluding steroid dienone is 2. The van der Waals surface area contributed by atoms with E-state index in [4.69, 9.17) is 15.0 Å². The van der Waals surface area contributed by atoms with Crippen LogP contribution in [0.15, 0.2) is 12.2 Å². The third-order valence-corrected chi connectivity index (χ3v) is 0.763. The zero-order valence-electron chi connectivity index (χ0n) is 5.91. The van der Waals surface area contributed by atoms with Crippen LogP contribution in [0.5, 0.6) is 0 Å². The highest BCUT2D eigenvalue weighted by molar-refractivity contribution is 9.09. The molecule has 0 rings (SSSR count). The van der Waals surface area contributed by atoms with Crippen LogP contribution in [0.1, 0.15) is 13.8 Å². The molecule has 1 atom stereocenters. The molecule has 2 N–H and O–H groups in total. The van der Waals surface area contributed by atoms with E-state index in [0.29, 0.717) is 4.83 Å². The van der Waals surface area contributed by atoms with Gasteiger partial charge in [0.05, 0.1) is 0 Å². The van der Waals surface area contributed by atoms with Crippen molar-refractivity contribution < 1.29 is 15.0 Å². The van der Waals surface area contributed by atoms with Gasteiger partial charge in [0.2, 0.25) is 0 Å². The first-order valence-corrected chi connectivity index (χ1v) is 3.61. The van der Waals surface area contributed by atoms with E-state index in [1.54, 1.807) is 0 Å². The van der Waals surface area contributed by atoms with Gasteiger partial charge in [-0.25, -0.2) is 4.79 Å². The van der Waals surface area contributed by atoms with Crippen LogP contribution in [-0.4, -0.2) is 21.2 Å². The molecule has 1 unspecified atom stereocenters. The molecule has 10 heavy (non-hydrogen) atoms. The van der Waals surface area contributed by atoms with Gasteiger partial charge in [-0.1, -0.05) is 28.1 Å². The van der Waals surface area contributed by atoms with Gasteiger partial charge in [0.15, 0.2) is 0 Å². The minimum Gasteiger partial charge on any atom is -0.450 e. The Balaban J connectivity index is 0. The summed E-state index contributed by atoms with van der Waals surface area (Å²) in [7, 11) is 0. The van der Waals surface area contributed by atoms with Gasteiger partial charge in [-0.05, 0) is 13.8 Å². The van der Waals surface area contributed by atoms with Crippen molar-refractivity contribution in [3.8, 4) is 0 Å². The SMILES string of the molecule is CC=CC(C)Br.O=C(O)O. The number of hydrogen-bond acceptors (Lipinski definition) is 1. The maximum atomic E-state index is 8.56. The Morgan fingerprint density at radius 3 is 1.90 bits per heavy atom. The van der Waals surface area contributed by atoms with E-state index in [1.807, 2.05) is 13.0 Å². The molecule has 4 heteroatoms. The Hall–Kier alpha value is -0.510. The summed E-state index contributed by atoms with van der Waals surface area (Å²) >= 11 is 3.35. The molecule has 0 aromatic rings. The van der Waals surface area contributed by atoms with Crippen molar-refractivity contribution in [2.45, 2.75) is 18.7 Å². The molecule has 0 radical (unpaired) electrons. The standard InChI is InChI=1S/C5H9Br.CH2O3/c1-3-4-5(2)6;2-1(3)4/h3-5H,1-2H3;(H2,2,3,4). The van der Waals surface area contributed by atoms with Crippen LogP contribution >= 0.6 is 15.9 Å². The van der Waals surface area contributed by atoms with Crippen molar-refractivity contribution in [2.75, 3.05) is 0 Å². The van der Waals surface area contributed by atoms with E-state index in [1.165, 1.54) is 0 Å². The largest absolute Gasteiger partial charge is 0.503 e. The monoisotopic (exact) mass is 210 g/mol. The fourth-order valence-corrected chi connectivity index (χ4v) is 0.570. The molecule has 0 aliphatic rings. The molecule has 0 amide bonds. The van der Waals surface area contributed by atoms with Crippen LogP contribution in [0.3, 0.4) is 0 Å². The summed E-state index contributed by atoms with van der Waals surface area (Å²) in [6.45, 7) is 4.10. The Bertz CT molecular complexity index is 106. The first-order chi connectivity index (χ1) is 4.50. The summed E-state index contributed by atoms with van der Waals surface area (Å²) in [6, 6.07) is 0. The second-order valence-corrected chi connectivity index (χ2v) is 2.93. The van der Waals surface area contributed by atoms with E-state index in [0.717, 1.165) is 0 Å². The van der Waals surface area contributed by atoms with Crippen LogP contribution in [0.4, 0.5) is 4.79 Å². The van der Waals surface area contributed by atoms with E-state index in [2.05, 4.69) is 28.9 Å². The van der Waals surface area contributed by atoms with E-state index in [-0.39, 0.29) is 0 Å². The van der Waals surface area contributed by atoms with E-state index in [9.17, 15) is 0 Å². The van der Waals surface area contributed by atoms with Crippen molar-refractivity contribution in [3.05, 3.63) is 12.2 Å². The van der Waals surface area contributed by atoms with Crippen molar-refractivity contribution in [2.24, 2.45) is 0 Å². The lowest BCUT2D eigenvalue weighted by Gasteiger charge is -1.84. The van der Waals surface area contributed by atoms with Gasteiger partial charge in [0.1, 0.15) is 0 Å². The van der Waals surface area contributed by atoms with Gasteiger partial charge in [0.25, 0.3) is 0 Å². The molecule has 0 aliphatic carbocycles. The maximum Gasteiger partial charge on any atom is 0.503 e. The molecule has 0 aromatic heterocycles. The highest BCUT2D eigenvalue weighted by atomic mass is 79.9. The number of carbonyl (C=O) groups is 1. The predicted octanol–water partition coefficient (Wildman–Crippen LogP) is 2.57. The molecule has 3 nitrogen and oxygen atoms in total. The van der Waals surface area contributed by atoms with Crippen LogP contribution in [0, 0.1) is 0 Å². The number of carboxylic acid groups (broad SMARTS) is 2. The Kier molecular flexibility index (Phi) is 10.4. The molecular formula is C6H11BrO3. The molecule has 60 valence electrons. The number of halogens is 1. The fourth-order valence-electron chi connectivity index (χ4n) is 0.265. The fraction of sp³-hybridized carbons (Fsp3) is 0.500. The summed E-state index contributed by atoms with van der Waals surface area (Å²) in [4.78, 5) is 9.09. The zero-order valence-corrected chi connectivity index (χ0v) is 7.50. The highest BCUT2D eigenvalue weighted by Crippen LogP contribution is 1.96. The summed E-state index contributed by atoms with van der Waals surface area (Å²) in [5.41, 5.74) is 0. The van der Waals surface area contributed by atoms with Gasteiger partial charge in [0, 0.05) is 4.83 Å². The summed E-state index contributed by atoms with van der Waals surface area (Å²) < 4.78 is 0. The zero-order chi connectivity index (χ0) is 8.57. The van der Waals surface area contributed by atoms with Crippen molar-refractivity contribution in [1.82, 2.24) is 0 Å². The quantitative estimate of drug-likeness (QED) is 0.517. The Labute approximate surface area is 68.5 Å². The average Bonchev–Trinajstić information content (AvgIpc) is 1.62. The molecule has 0 spiro atoms. The van der Waals surface area contributed by atoms with Crippen LogP contribution in [0.25, 0.3) is 0 Å². The maximum absolute atomic E-state index is 8.56. The third-order valence-electron chi connectivity index (χ3n) is 0.458. The van der Waals surface area contributed by atoms with Gasteiger partial charge >= 0.3 is 6.16 Å². The molecule has 0 saturated carbocycles. The predicted molar refractivity (Wildman–Crippen MR) is 43.9 cm³/mol. The van der Waals surface area contributed by atoms with Crippen LogP contribution in [-0.2, 0) is 0 Å². The molecule has 0 aliphatic heterocycles. The van der Waals surface area contributed by atoms with Crippen molar-refractivity contribution in [1.29, 1.82) is 0 Å². The average molecular weight is 211 g/mol. The summed E-state index contributed by atoms with van der Waals surface area (Å²) in [5, 5.41) is 13.9. The van der Waals surface area contributed by atoms with Gasteiger partial charge in [-0.15, -0.1) is 0 Å². The summed E-state index contributed by atoms with van der Waals surface area (Å²) in [5.74, 6) is 0. The van der Waals surface area contributed by atoms with Crippen molar-refractivity contribution >= 4 is 22.1 Å². The van der Waals surface area contributed by atoms with E-state index >= 15 is 0 Å². The van der Waals surface area contributed by atoms with Gasteiger partial charge in [-0.2, -0.15) is 0 Å². The lowest BCUT2D eigenvalue weighted by Crippen LogP contribution is -1.81. The Morgan fingerprint density at radius 2 is 1.90 bits per heavy atom. The third kappa shape index (κ3) is 50.9. The van der Waals surface area contributed by atoms with E-state index < -0.39 is 6.16 Å². The second kappa shape index (κ2) is 8.49. The minimum absolute atomic E-state index is 0.530. The highest BCUT2D eigenvalue weighted by Gasteiger charge is 1.79. The van der Waals surface area contributed by atoms with Gasteiger partial charge in [-0.3, -0.25) is 0 Å². The van der Waals surface area contributed by atoms with Gasteiger partial charge < -0.3 is 10.2 Å². The number of rotatable bonds is 1. The van der Waals surface area contributed by atoms with Crippen molar-refractivity contribution in [3.63, 3.8) is 0 Å².